The largest absolute Gasteiger partial charge is 0.357 e. The van der Waals surface area contributed by atoms with Crippen molar-refractivity contribution < 1.29 is 0 Å². The summed E-state index contributed by atoms with van der Waals surface area (Å²) in [5.74, 6) is 4.56. The summed E-state index contributed by atoms with van der Waals surface area (Å²) in [6.45, 7) is 29.3. The number of nitrogens with zero attached hydrogens (tertiary/aromatic N) is 4. The Hall–Kier alpha value is -2.82. The highest BCUT2D eigenvalue weighted by molar-refractivity contribution is 8.58. The topological polar surface area (TPSA) is 55.3 Å². The predicted octanol–water partition coefficient (Wildman–Crippen LogP) is 11.3. The highest BCUT2D eigenvalue weighted by atomic mass is 32.6. The molecule has 0 amide bonds. The van der Waals surface area contributed by atoms with E-state index in [0.29, 0.717) is 10.5 Å². The average molecular weight is 851 g/mol. The van der Waals surface area contributed by atoms with Crippen LogP contribution in [0.15, 0.2) is 94.9 Å². The van der Waals surface area contributed by atoms with Gasteiger partial charge in [0.05, 0.1) is 13.1 Å². The molecule has 0 spiro atoms. The lowest BCUT2D eigenvalue weighted by molar-refractivity contribution is 0.434. The lowest BCUT2D eigenvalue weighted by Gasteiger charge is -2.36. The third-order valence-corrected chi connectivity index (χ3v) is 25.6. The van der Waals surface area contributed by atoms with Gasteiger partial charge in [-0.25, -0.2) is 0 Å². The third-order valence-electron chi connectivity index (χ3n) is 12.3. The van der Waals surface area contributed by atoms with Crippen LogP contribution in [-0.4, -0.2) is 104 Å². The number of hydrogen-bond donors (Lipinski definition) is 2. The maximum absolute atomic E-state index is 5.04. The molecule has 59 heavy (non-hydrogen) atoms. The third kappa shape index (κ3) is 12.6. The van der Waals surface area contributed by atoms with Crippen molar-refractivity contribution in [3.8, 4) is 0 Å². The number of hydrogen-bond acceptors (Lipinski definition) is 8. The second-order valence-corrected chi connectivity index (χ2v) is 29.9. The quantitative estimate of drug-likeness (QED) is 0.0541. The lowest BCUT2D eigenvalue weighted by Crippen LogP contribution is -2.40. The van der Waals surface area contributed by atoms with Crippen LogP contribution in [0.2, 0.25) is 12.1 Å². The van der Waals surface area contributed by atoms with E-state index < -0.39 is 6.37 Å². The van der Waals surface area contributed by atoms with Gasteiger partial charge in [0.25, 0.3) is 0 Å². The summed E-state index contributed by atoms with van der Waals surface area (Å²) >= 11 is 4.81. The SMILES string of the molecule is CC(C)CC[Si](CCC(C)C)(SC(C)CNCCN1CCN=C1C(C)c1cccc2ccccc12)SC(C)CNCCN1CCN=C1C(C)c1cccc2ccccc12. The van der Waals surface area contributed by atoms with Gasteiger partial charge in [-0.05, 0) is 56.6 Å². The van der Waals surface area contributed by atoms with Crippen LogP contribution >= 0.6 is 22.4 Å². The molecule has 2 aliphatic rings. The number of rotatable bonds is 24. The van der Waals surface area contributed by atoms with E-state index >= 15 is 0 Å². The Balaban J connectivity index is 0.999. The molecule has 0 radical (unpaired) electrons. The van der Waals surface area contributed by atoms with Crippen molar-refractivity contribution in [2.45, 2.75) is 103 Å². The molecule has 6 rings (SSSR count). The molecule has 320 valence electrons. The van der Waals surface area contributed by atoms with E-state index in [2.05, 4.69) is 183 Å². The van der Waals surface area contributed by atoms with Gasteiger partial charge in [0, 0.05) is 74.7 Å². The van der Waals surface area contributed by atoms with E-state index in [1.807, 2.05) is 0 Å². The Labute approximate surface area is 366 Å². The molecule has 0 saturated carbocycles. The highest BCUT2D eigenvalue weighted by Crippen LogP contribution is 2.46. The first-order valence-corrected chi connectivity index (χ1v) is 28.5. The summed E-state index contributed by atoms with van der Waals surface area (Å²) in [7, 11) is 0. The second kappa shape index (κ2) is 22.3. The highest BCUT2D eigenvalue weighted by Gasteiger charge is 2.38. The van der Waals surface area contributed by atoms with Gasteiger partial charge in [0.15, 0.2) is 6.37 Å². The number of nitrogens with one attached hydrogen (secondary N) is 2. The van der Waals surface area contributed by atoms with Crippen LogP contribution in [-0.2, 0) is 0 Å². The van der Waals surface area contributed by atoms with Crippen molar-refractivity contribution >= 4 is 62.0 Å². The molecule has 0 aromatic heterocycles. The second-order valence-electron chi connectivity index (χ2n) is 18.1. The lowest BCUT2D eigenvalue weighted by atomic mass is 9.93. The van der Waals surface area contributed by atoms with Crippen molar-refractivity contribution in [3.63, 3.8) is 0 Å². The molecule has 9 heteroatoms. The predicted molar refractivity (Wildman–Crippen MR) is 267 cm³/mol. The van der Waals surface area contributed by atoms with Crippen LogP contribution in [0.3, 0.4) is 0 Å². The number of amidine groups is 2. The molecule has 0 fully saturated rings. The molecule has 0 saturated heterocycles. The summed E-state index contributed by atoms with van der Waals surface area (Å²) in [4.78, 5) is 15.1. The minimum Gasteiger partial charge on any atom is -0.357 e. The Morgan fingerprint density at radius 1 is 0.559 bits per heavy atom. The van der Waals surface area contributed by atoms with Crippen LogP contribution < -0.4 is 10.6 Å². The first kappa shape index (κ1) is 45.7. The molecule has 4 aromatic rings. The zero-order valence-electron chi connectivity index (χ0n) is 37.6. The monoisotopic (exact) mass is 851 g/mol. The molecule has 2 heterocycles. The van der Waals surface area contributed by atoms with Crippen LogP contribution in [0.1, 0.15) is 91.2 Å². The minimum atomic E-state index is -1.70. The van der Waals surface area contributed by atoms with Crippen LogP contribution in [0.4, 0.5) is 0 Å². The van der Waals surface area contributed by atoms with Crippen molar-refractivity contribution in [3.05, 3.63) is 96.1 Å². The van der Waals surface area contributed by atoms with E-state index in [-0.39, 0.29) is 11.8 Å². The molecule has 6 nitrogen and oxygen atoms in total. The van der Waals surface area contributed by atoms with E-state index in [1.54, 1.807) is 0 Å². The van der Waals surface area contributed by atoms with Crippen molar-refractivity contribution in [1.82, 2.24) is 20.4 Å². The van der Waals surface area contributed by atoms with E-state index in [4.69, 9.17) is 9.98 Å². The van der Waals surface area contributed by atoms with Gasteiger partial charge in [-0.3, -0.25) is 9.98 Å². The Morgan fingerprint density at radius 2 is 0.966 bits per heavy atom. The number of aliphatic imine (C=N–C) groups is 2. The van der Waals surface area contributed by atoms with Crippen LogP contribution in [0, 0.1) is 11.8 Å². The molecule has 4 atom stereocenters. The van der Waals surface area contributed by atoms with Gasteiger partial charge in [-0.15, -0.1) is 0 Å². The molecular formula is C50H74N6S2Si. The maximum Gasteiger partial charge on any atom is 0.177 e. The number of fused-ring (bicyclic) bond motifs is 2. The van der Waals surface area contributed by atoms with Crippen LogP contribution in [0.25, 0.3) is 21.5 Å². The standard InChI is InChI=1S/C50H74N6S2Si/c1-37(2)23-33-59(34-24-38(3)4,57-39(5)35-51-25-29-55-31-27-53-49(55)41(7)45-21-13-17-43-15-9-11-19-47(43)45)58-40(6)36-52-26-30-56-32-28-54-50(56)42(8)46-22-14-18-44-16-10-12-20-48(44)46/h9-22,37-42,51-52H,23-36H2,1-8H3. The molecule has 4 unspecified atom stereocenters. The zero-order valence-corrected chi connectivity index (χ0v) is 40.2. The molecular weight excluding hydrogens is 777 g/mol. The van der Waals surface area contributed by atoms with Crippen molar-refractivity contribution in [2.24, 2.45) is 21.8 Å². The maximum atomic E-state index is 5.04. The summed E-state index contributed by atoms with van der Waals surface area (Å²) < 4.78 is 0. The summed E-state index contributed by atoms with van der Waals surface area (Å²) in [6, 6.07) is 33.8. The average Bonchev–Trinajstić information content (AvgIpc) is 3.91. The van der Waals surface area contributed by atoms with E-state index in [0.717, 1.165) is 77.3 Å². The van der Waals surface area contributed by atoms with Gasteiger partial charge >= 0.3 is 0 Å². The number of benzene rings is 4. The normalized spacial score (nSPS) is 17.0. The van der Waals surface area contributed by atoms with Gasteiger partial charge in [0.2, 0.25) is 0 Å². The molecule has 0 aliphatic carbocycles. The first-order chi connectivity index (χ1) is 28.5. The minimum absolute atomic E-state index is 0.288. The molecule has 2 aliphatic heterocycles. The fraction of sp³-hybridized carbons (Fsp3) is 0.560. The Morgan fingerprint density at radius 3 is 1.39 bits per heavy atom. The summed E-state index contributed by atoms with van der Waals surface area (Å²) in [5, 5.41) is 14.3. The van der Waals surface area contributed by atoms with Crippen LogP contribution in [0.5, 0.6) is 0 Å². The van der Waals surface area contributed by atoms with Gasteiger partial charge < -0.3 is 20.4 Å². The smallest absolute Gasteiger partial charge is 0.177 e. The summed E-state index contributed by atoms with van der Waals surface area (Å²) in [5.41, 5.74) is 2.77. The van der Waals surface area contributed by atoms with Crippen molar-refractivity contribution in [1.29, 1.82) is 0 Å². The molecule has 0 bridgehead atoms. The van der Waals surface area contributed by atoms with Gasteiger partial charge in [-0.1, -0.05) is 153 Å². The molecule has 2 N–H and O–H groups in total. The van der Waals surface area contributed by atoms with Gasteiger partial charge in [0.1, 0.15) is 11.7 Å². The Bertz CT molecular complexity index is 1830. The zero-order chi connectivity index (χ0) is 41.8. The summed E-state index contributed by atoms with van der Waals surface area (Å²) in [6.07, 6.45) is 0.975. The van der Waals surface area contributed by atoms with Gasteiger partial charge in [-0.2, -0.15) is 22.4 Å². The van der Waals surface area contributed by atoms with E-state index in [1.165, 1.54) is 69.3 Å². The van der Waals surface area contributed by atoms with E-state index in [9.17, 15) is 0 Å². The Kier molecular flexibility index (Phi) is 17.3. The first-order valence-electron chi connectivity index (χ1n) is 22.8. The van der Waals surface area contributed by atoms with Crippen molar-refractivity contribution in [2.75, 3.05) is 65.4 Å². The molecule has 4 aromatic carbocycles. The fourth-order valence-electron chi connectivity index (χ4n) is 9.07. The fourth-order valence-corrected chi connectivity index (χ4v) is 25.1.